The van der Waals surface area contributed by atoms with Crippen LogP contribution in [-0.4, -0.2) is 95.7 Å². The molecule has 1 atom stereocenters. The van der Waals surface area contributed by atoms with Gasteiger partial charge in [0.2, 0.25) is 0 Å². The maximum absolute atomic E-state index is 10.6. The Morgan fingerprint density at radius 3 is 2.20 bits per heavy atom. The highest BCUT2D eigenvalue weighted by molar-refractivity contribution is 6.31. The smallest absolute Gasteiger partial charge is 0.490 e. The zero-order valence-electron chi connectivity index (χ0n) is 26.0. The molecule has 21 heteroatoms. The molecule has 1 fully saturated rings. The number of hydrogen-bond acceptors (Lipinski definition) is 10. The Kier molecular flexibility index (Phi) is 11.7. The molecule has 3 aromatic heterocycles. The summed E-state index contributed by atoms with van der Waals surface area (Å²) < 4.78 is 73.0. The van der Waals surface area contributed by atoms with Crippen molar-refractivity contribution in [2.75, 3.05) is 32.5 Å². The van der Waals surface area contributed by atoms with Gasteiger partial charge < -0.3 is 20.7 Å². The summed E-state index contributed by atoms with van der Waals surface area (Å²) in [5.41, 5.74) is 11.4. The van der Waals surface area contributed by atoms with Crippen LogP contribution in [0.25, 0.3) is 22.3 Å². The van der Waals surface area contributed by atoms with Crippen LogP contribution >= 0.6 is 11.6 Å². The minimum Gasteiger partial charge on any atom is -0.496 e. The molecule has 14 nitrogen and oxygen atoms in total. The quantitative estimate of drug-likeness (QED) is 0.186. The Morgan fingerprint density at radius 1 is 1.16 bits per heavy atom. The van der Waals surface area contributed by atoms with Gasteiger partial charge in [0.05, 0.1) is 37.3 Å². The van der Waals surface area contributed by atoms with Crippen molar-refractivity contribution in [3.63, 3.8) is 0 Å². The Labute approximate surface area is 278 Å². The van der Waals surface area contributed by atoms with Gasteiger partial charge in [-0.05, 0) is 25.5 Å². The minimum atomic E-state index is -5.08. The lowest BCUT2D eigenvalue weighted by atomic mass is 9.85. The molecule has 264 valence electrons. The van der Waals surface area contributed by atoms with Gasteiger partial charge >= 0.3 is 24.3 Å². The predicted octanol–water partition coefficient (Wildman–Crippen LogP) is 4.58. The highest BCUT2D eigenvalue weighted by atomic mass is 35.5. The average molecular weight is 720 g/mol. The average Bonchev–Trinajstić information content (AvgIpc) is 3.60. The standard InChI is InChI=1S/C24H26ClN9O.2C2HF3O2/c1-13-18(25)7-17(22(35-4)19(13)16-10-33(11-16)6-5-26)14(2)34-24-20(23(27)28-12-29-24)21(31-34)15-8-30-32(3)9-15;2*3-2(4,5)1(6)7/h7-9,12,14,16H,6,10-11H2,1-4H3,(H2,27,28,29);2*(H,6,7). The minimum absolute atomic E-state index is 0.237. The predicted molar refractivity (Wildman–Crippen MR) is 161 cm³/mol. The Morgan fingerprint density at radius 2 is 1.73 bits per heavy atom. The number of halogens is 7. The van der Waals surface area contributed by atoms with Crippen molar-refractivity contribution in [1.29, 1.82) is 5.26 Å². The van der Waals surface area contributed by atoms with Crippen molar-refractivity contribution in [1.82, 2.24) is 34.4 Å². The second kappa shape index (κ2) is 14.9. The molecule has 0 bridgehead atoms. The normalized spacial score (nSPS) is 14.1. The number of nitrogens with zero attached hydrogens (tertiary/aromatic N) is 8. The van der Waals surface area contributed by atoms with Crippen molar-refractivity contribution in [2.45, 2.75) is 38.2 Å². The van der Waals surface area contributed by atoms with E-state index in [-0.39, 0.29) is 12.0 Å². The number of aliphatic carboxylic acids is 2. The number of carboxylic acid groups (broad SMARTS) is 2. The number of nitriles is 1. The number of carboxylic acids is 2. The summed E-state index contributed by atoms with van der Waals surface area (Å²) in [4.78, 5) is 28.6. The van der Waals surface area contributed by atoms with Gasteiger partial charge in [-0.3, -0.25) is 9.58 Å². The van der Waals surface area contributed by atoms with E-state index in [4.69, 9.17) is 52.2 Å². The third-order valence-electron chi connectivity index (χ3n) is 7.21. The molecular formula is C28H28ClF6N9O5. The number of methoxy groups -OCH3 is 1. The molecule has 4 aromatic rings. The number of carbonyl (C=O) groups is 2. The first-order valence-electron chi connectivity index (χ1n) is 13.8. The van der Waals surface area contributed by atoms with Gasteiger partial charge in [0, 0.05) is 54.0 Å². The molecular weight excluding hydrogens is 692 g/mol. The number of likely N-dealkylation sites (tertiary alicyclic amines) is 1. The second-order valence-electron chi connectivity index (χ2n) is 10.5. The van der Waals surface area contributed by atoms with Crippen molar-refractivity contribution >= 4 is 40.4 Å². The molecule has 0 spiro atoms. The van der Waals surface area contributed by atoms with Crippen molar-refractivity contribution in [3.05, 3.63) is 46.5 Å². The molecule has 0 amide bonds. The van der Waals surface area contributed by atoms with Gasteiger partial charge in [-0.15, -0.1) is 0 Å². The molecule has 4 N–H and O–H groups in total. The summed E-state index contributed by atoms with van der Waals surface area (Å²) in [5.74, 6) is -4.13. The first kappa shape index (κ1) is 38.3. The summed E-state index contributed by atoms with van der Waals surface area (Å²) in [6.07, 6.45) is -5.10. The summed E-state index contributed by atoms with van der Waals surface area (Å²) in [6, 6.07) is 3.89. The highest BCUT2D eigenvalue weighted by Gasteiger charge is 2.39. The summed E-state index contributed by atoms with van der Waals surface area (Å²) in [7, 11) is 3.53. The Hall–Kier alpha value is -5.16. The third kappa shape index (κ3) is 8.66. The van der Waals surface area contributed by atoms with E-state index in [1.165, 1.54) is 6.33 Å². The van der Waals surface area contributed by atoms with E-state index in [0.29, 0.717) is 34.1 Å². The van der Waals surface area contributed by atoms with Crippen LogP contribution in [0.4, 0.5) is 32.2 Å². The largest absolute Gasteiger partial charge is 0.496 e. The number of aryl methyl sites for hydroxylation is 1. The number of nitrogen functional groups attached to an aromatic ring is 1. The van der Waals surface area contributed by atoms with Crippen molar-refractivity contribution in [3.8, 4) is 23.1 Å². The zero-order chi connectivity index (χ0) is 37.0. The molecule has 1 aromatic carbocycles. The lowest BCUT2D eigenvalue weighted by Crippen LogP contribution is -2.45. The molecule has 1 aliphatic heterocycles. The first-order valence-corrected chi connectivity index (χ1v) is 14.1. The van der Waals surface area contributed by atoms with E-state index in [1.54, 1.807) is 18.0 Å². The fourth-order valence-electron chi connectivity index (χ4n) is 4.92. The number of benzene rings is 1. The lowest BCUT2D eigenvalue weighted by molar-refractivity contribution is -0.193. The van der Waals surface area contributed by atoms with Crippen LogP contribution in [0, 0.1) is 18.3 Å². The summed E-state index contributed by atoms with van der Waals surface area (Å²) in [6.45, 7) is 6.05. The van der Waals surface area contributed by atoms with E-state index in [2.05, 4.69) is 26.0 Å². The van der Waals surface area contributed by atoms with Gasteiger partial charge in [-0.2, -0.15) is 41.8 Å². The van der Waals surface area contributed by atoms with Gasteiger partial charge in [-0.25, -0.2) is 24.2 Å². The number of rotatable bonds is 6. The highest BCUT2D eigenvalue weighted by Crippen LogP contribution is 2.44. The van der Waals surface area contributed by atoms with E-state index >= 15 is 0 Å². The summed E-state index contributed by atoms with van der Waals surface area (Å²) >= 11 is 6.74. The first-order chi connectivity index (χ1) is 22.7. The van der Waals surface area contributed by atoms with E-state index in [1.807, 2.05) is 37.8 Å². The van der Waals surface area contributed by atoms with Crippen molar-refractivity contribution < 1.29 is 50.9 Å². The van der Waals surface area contributed by atoms with Crippen LogP contribution in [0.5, 0.6) is 5.75 Å². The zero-order valence-corrected chi connectivity index (χ0v) is 26.8. The van der Waals surface area contributed by atoms with Crippen LogP contribution in [0.2, 0.25) is 5.02 Å². The van der Waals surface area contributed by atoms with Crippen LogP contribution in [0.1, 0.15) is 35.6 Å². The fourth-order valence-corrected chi connectivity index (χ4v) is 5.14. The van der Waals surface area contributed by atoms with Crippen molar-refractivity contribution in [2.24, 2.45) is 7.05 Å². The third-order valence-corrected chi connectivity index (χ3v) is 7.61. The van der Waals surface area contributed by atoms with Gasteiger partial charge in [0.15, 0.2) is 5.65 Å². The van der Waals surface area contributed by atoms with Crippen LogP contribution in [0.15, 0.2) is 24.8 Å². The van der Waals surface area contributed by atoms with Crippen LogP contribution < -0.4 is 10.5 Å². The molecule has 0 saturated carbocycles. The number of aromatic nitrogens is 6. The topological polar surface area (TPSA) is 198 Å². The molecule has 5 rings (SSSR count). The second-order valence-corrected chi connectivity index (χ2v) is 10.9. The molecule has 0 radical (unpaired) electrons. The molecule has 1 saturated heterocycles. The van der Waals surface area contributed by atoms with Gasteiger partial charge in [0.1, 0.15) is 23.6 Å². The number of hydrogen-bond donors (Lipinski definition) is 3. The molecule has 1 unspecified atom stereocenters. The van der Waals surface area contributed by atoms with E-state index < -0.39 is 24.3 Å². The molecule has 1 aliphatic rings. The number of nitrogens with two attached hydrogens (primary N) is 1. The lowest BCUT2D eigenvalue weighted by Gasteiger charge is -2.40. The molecule has 0 aliphatic carbocycles. The maximum atomic E-state index is 10.6. The maximum Gasteiger partial charge on any atom is 0.490 e. The summed E-state index contributed by atoms with van der Waals surface area (Å²) in [5, 5.41) is 33.8. The van der Waals surface area contributed by atoms with Crippen LogP contribution in [-0.2, 0) is 16.6 Å². The van der Waals surface area contributed by atoms with E-state index in [0.717, 1.165) is 41.1 Å². The molecule has 49 heavy (non-hydrogen) atoms. The number of ether oxygens (including phenoxy) is 1. The number of fused-ring (bicyclic) bond motifs is 1. The Bertz CT molecular complexity index is 1860. The Balaban J connectivity index is 0.000000392. The number of alkyl halides is 6. The SMILES string of the molecule is COc1c(C(C)n2nc(-c3cnn(C)c3)c3c(N)ncnc32)cc(Cl)c(C)c1C1CN(CC#N)C1.O=C(O)C(F)(F)F.O=C(O)C(F)(F)F. The van der Waals surface area contributed by atoms with Gasteiger partial charge in [0.25, 0.3) is 0 Å². The fraction of sp³-hybridized carbons (Fsp3) is 0.393. The van der Waals surface area contributed by atoms with E-state index in [9.17, 15) is 26.3 Å². The monoisotopic (exact) mass is 719 g/mol. The van der Waals surface area contributed by atoms with Crippen LogP contribution in [0.3, 0.4) is 0 Å². The number of anilines is 1. The van der Waals surface area contributed by atoms with Gasteiger partial charge in [-0.1, -0.05) is 11.6 Å². The molecule has 4 heterocycles.